The molecule has 230 valence electrons. The third-order valence-electron chi connectivity index (χ3n) is 9.66. The van der Waals surface area contributed by atoms with E-state index in [0.29, 0.717) is 0 Å². The van der Waals surface area contributed by atoms with Crippen molar-refractivity contribution in [1.82, 2.24) is 0 Å². The van der Waals surface area contributed by atoms with E-state index in [1.165, 1.54) is 53.2 Å². The summed E-state index contributed by atoms with van der Waals surface area (Å²) >= 11 is 1.87. The highest BCUT2D eigenvalue weighted by molar-refractivity contribution is 7.26. The molecule has 3 heteroatoms. The molecule has 0 atom stereocenters. The molecule has 0 amide bonds. The van der Waals surface area contributed by atoms with Crippen molar-refractivity contribution in [3.8, 4) is 22.3 Å². The van der Waals surface area contributed by atoms with Crippen molar-refractivity contribution in [1.29, 1.82) is 0 Å². The van der Waals surface area contributed by atoms with Gasteiger partial charge >= 0.3 is 0 Å². The largest absolute Gasteiger partial charge is 0.456 e. The van der Waals surface area contributed by atoms with Crippen LogP contribution in [-0.2, 0) is 0 Å². The van der Waals surface area contributed by atoms with E-state index < -0.39 is 0 Å². The molecule has 0 aliphatic carbocycles. The zero-order chi connectivity index (χ0) is 32.3. The van der Waals surface area contributed by atoms with Crippen LogP contribution in [0.2, 0.25) is 0 Å². The fraction of sp³-hybridized carbons (Fsp3) is 0. The van der Waals surface area contributed by atoms with E-state index in [0.717, 1.165) is 39.0 Å². The van der Waals surface area contributed by atoms with Crippen LogP contribution >= 0.6 is 11.3 Å². The van der Waals surface area contributed by atoms with Gasteiger partial charge in [0.15, 0.2) is 0 Å². The molecular formula is C46H29NOS. The van der Waals surface area contributed by atoms with Crippen LogP contribution in [-0.4, -0.2) is 0 Å². The Kier molecular flexibility index (Phi) is 6.39. The van der Waals surface area contributed by atoms with Crippen molar-refractivity contribution in [3.63, 3.8) is 0 Å². The number of para-hydroxylation sites is 2. The summed E-state index contributed by atoms with van der Waals surface area (Å²) in [7, 11) is 0. The van der Waals surface area contributed by atoms with Gasteiger partial charge in [-0.3, -0.25) is 0 Å². The lowest BCUT2D eigenvalue weighted by molar-refractivity contribution is 0.669. The number of hydrogen-bond donors (Lipinski definition) is 0. The smallest absolute Gasteiger partial charge is 0.135 e. The maximum Gasteiger partial charge on any atom is 0.135 e. The second-order valence-electron chi connectivity index (χ2n) is 12.5. The molecular weight excluding hydrogens is 615 g/mol. The SMILES string of the molecule is c1cc(-c2cccc3ccccc23)cc(N(c2ccc3oc4ccccc4c3c2)c2ccccc2-c2cccc3c2sc2ccccc23)c1. The molecule has 0 bridgehead atoms. The average molecular weight is 644 g/mol. The summed E-state index contributed by atoms with van der Waals surface area (Å²) in [6.45, 7) is 0. The zero-order valence-electron chi connectivity index (χ0n) is 26.5. The minimum Gasteiger partial charge on any atom is -0.456 e. The Morgan fingerprint density at radius 3 is 2.02 bits per heavy atom. The first-order valence-electron chi connectivity index (χ1n) is 16.6. The Morgan fingerprint density at radius 1 is 0.408 bits per heavy atom. The summed E-state index contributed by atoms with van der Waals surface area (Å²) in [4.78, 5) is 2.41. The first-order chi connectivity index (χ1) is 24.3. The molecule has 10 rings (SSSR count). The number of thiophene rings is 1. The number of rotatable bonds is 5. The van der Waals surface area contributed by atoms with E-state index in [-0.39, 0.29) is 0 Å². The lowest BCUT2D eigenvalue weighted by Crippen LogP contribution is -2.11. The lowest BCUT2D eigenvalue weighted by atomic mass is 9.97. The summed E-state index contributed by atoms with van der Waals surface area (Å²) in [6, 6.07) is 63.3. The van der Waals surface area contributed by atoms with Gasteiger partial charge in [-0.25, -0.2) is 0 Å². The molecule has 49 heavy (non-hydrogen) atoms. The molecule has 0 saturated heterocycles. The van der Waals surface area contributed by atoms with Gasteiger partial charge in [0.25, 0.3) is 0 Å². The normalized spacial score (nSPS) is 11.7. The summed E-state index contributed by atoms with van der Waals surface area (Å²) < 4.78 is 8.88. The zero-order valence-corrected chi connectivity index (χ0v) is 27.3. The van der Waals surface area contributed by atoms with Gasteiger partial charge in [0, 0.05) is 53.4 Å². The molecule has 0 radical (unpaired) electrons. The highest BCUT2D eigenvalue weighted by Gasteiger charge is 2.21. The second-order valence-corrected chi connectivity index (χ2v) is 13.5. The highest BCUT2D eigenvalue weighted by atomic mass is 32.1. The Hall–Kier alpha value is -6.16. The van der Waals surface area contributed by atoms with Crippen molar-refractivity contribution in [2.75, 3.05) is 4.90 Å². The Morgan fingerprint density at radius 2 is 1.06 bits per heavy atom. The Labute approximate surface area is 287 Å². The molecule has 0 aliphatic heterocycles. The van der Waals surface area contributed by atoms with Gasteiger partial charge in [-0.2, -0.15) is 0 Å². The Balaban J connectivity index is 1.23. The molecule has 0 fully saturated rings. The highest BCUT2D eigenvalue weighted by Crippen LogP contribution is 2.47. The van der Waals surface area contributed by atoms with E-state index in [2.05, 4.69) is 169 Å². The van der Waals surface area contributed by atoms with Crippen LogP contribution in [0.15, 0.2) is 180 Å². The fourth-order valence-corrected chi connectivity index (χ4v) is 8.66. The van der Waals surface area contributed by atoms with Gasteiger partial charge in [0.05, 0.1) is 5.69 Å². The fourth-order valence-electron chi connectivity index (χ4n) is 7.43. The predicted molar refractivity (Wildman–Crippen MR) is 210 cm³/mol. The molecule has 2 heterocycles. The Bertz CT molecular complexity index is 2850. The van der Waals surface area contributed by atoms with Gasteiger partial charge in [-0.15, -0.1) is 11.3 Å². The molecule has 8 aromatic carbocycles. The molecule has 10 aromatic rings. The van der Waals surface area contributed by atoms with Crippen LogP contribution in [0.1, 0.15) is 0 Å². The first-order valence-corrected chi connectivity index (χ1v) is 17.4. The number of benzene rings is 8. The van der Waals surface area contributed by atoms with Crippen LogP contribution < -0.4 is 4.90 Å². The first kappa shape index (κ1) is 27.9. The monoisotopic (exact) mass is 643 g/mol. The third kappa shape index (κ3) is 4.55. The van der Waals surface area contributed by atoms with Crippen molar-refractivity contribution in [2.45, 2.75) is 0 Å². The van der Waals surface area contributed by atoms with Crippen LogP contribution in [0, 0.1) is 0 Å². The number of hydrogen-bond acceptors (Lipinski definition) is 3. The summed E-state index contributed by atoms with van der Waals surface area (Å²) in [5, 5.41) is 7.31. The molecule has 0 aliphatic rings. The van der Waals surface area contributed by atoms with Crippen LogP contribution in [0.5, 0.6) is 0 Å². The standard InChI is InChI=1S/C46H29NOS/c1-2-16-34-30(12-1)13-10-20-35(34)31-14-9-15-32(28-31)47(33-26-27-44-41(29-33)37-18-4-7-24-43(37)48-44)42-23-6-3-17-36(42)39-21-11-22-40-38-19-5-8-25-45(38)49-46(39)40/h1-29H. The van der Waals surface area contributed by atoms with Crippen molar-refractivity contribution >= 4 is 81.3 Å². The van der Waals surface area contributed by atoms with E-state index >= 15 is 0 Å². The maximum absolute atomic E-state index is 6.27. The van der Waals surface area contributed by atoms with Crippen LogP contribution in [0.4, 0.5) is 17.1 Å². The average Bonchev–Trinajstić information content (AvgIpc) is 3.73. The number of fused-ring (bicyclic) bond motifs is 7. The molecule has 2 nitrogen and oxygen atoms in total. The van der Waals surface area contributed by atoms with Crippen molar-refractivity contribution in [3.05, 3.63) is 176 Å². The van der Waals surface area contributed by atoms with Gasteiger partial charge in [0.1, 0.15) is 11.2 Å². The van der Waals surface area contributed by atoms with Crippen molar-refractivity contribution < 1.29 is 4.42 Å². The number of nitrogens with zero attached hydrogens (tertiary/aromatic N) is 1. The van der Waals surface area contributed by atoms with Gasteiger partial charge in [-0.1, -0.05) is 127 Å². The molecule has 0 unspecified atom stereocenters. The molecule has 0 saturated carbocycles. The summed E-state index contributed by atoms with van der Waals surface area (Å²) in [6.07, 6.45) is 0. The lowest BCUT2D eigenvalue weighted by Gasteiger charge is -2.28. The summed E-state index contributed by atoms with van der Waals surface area (Å²) in [5.41, 5.74) is 9.89. The maximum atomic E-state index is 6.27. The third-order valence-corrected chi connectivity index (χ3v) is 10.9. The minimum absolute atomic E-state index is 0.887. The van der Waals surface area contributed by atoms with E-state index in [9.17, 15) is 0 Å². The second kappa shape index (κ2) is 11.2. The number of furan rings is 1. The summed E-state index contributed by atoms with van der Waals surface area (Å²) in [5.74, 6) is 0. The number of anilines is 3. The molecule has 0 spiro atoms. The van der Waals surface area contributed by atoms with Gasteiger partial charge in [0.2, 0.25) is 0 Å². The quantitative estimate of drug-likeness (QED) is 0.186. The molecule has 2 aromatic heterocycles. The van der Waals surface area contributed by atoms with Gasteiger partial charge in [-0.05, 0) is 70.4 Å². The van der Waals surface area contributed by atoms with Gasteiger partial charge < -0.3 is 9.32 Å². The van der Waals surface area contributed by atoms with E-state index in [4.69, 9.17) is 4.42 Å². The van der Waals surface area contributed by atoms with Crippen molar-refractivity contribution in [2.24, 2.45) is 0 Å². The van der Waals surface area contributed by atoms with E-state index in [1.54, 1.807) is 0 Å². The van der Waals surface area contributed by atoms with Crippen LogP contribution in [0.3, 0.4) is 0 Å². The minimum atomic E-state index is 0.887. The topological polar surface area (TPSA) is 16.4 Å². The molecule has 0 N–H and O–H groups in total. The predicted octanol–water partition coefficient (Wildman–Crippen LogP) is 13.9. The van der Waals surface area contributed by atoms with Crippen LogP contribution in [0.25, 0.3) is 75.1 Å². The van der Waals surface area contributed by atoms with E-state index in [1.807, 2.05) is 23.5 Å².